The summed E-state index contributed by atoms with van der Waals surface area (Å²) in [6.45, 7) is 0. The standard InChI is InChI=1S/C21H17N5O3S/c1-26-20-18(13(10-17(27)22-20)16-8-5-9-30-16)19(24-26)23-21(28)14-11-15(29-25-14)12-6-3-2-4-7-12/h2-9,11,13H,10H2,1H3,(H,22,27)(H,23,24,28)/t13-/m0/s1. The Bertz CT molecular complexity index is 1230. The van der Waals surface area contributed by atoms with Crippen LogP contribution in [0.5, 0.6) is 0 Å². The smallest absolute Gasteiger partial charge is 0.279 e. The highest BCUT2D eigenvalue weighted by molar-refractivity contribution is 7.10. The van der Waals surface area contributed by atoms with Gasteiger partial charge in [-0.3, -0.25) is 14.3 Å². The molecule has 2 amide bonds. The van der Waals surface area contributed by atoms with Gasteiger partial charge in [-0.2, -0.15) is 5.10 Å². The van der Waals surface area contributed by atoms with Gasteiger partial charge in [0.25, 0.3) is 5.91 Å². The fourth-order valence-corrected chi connectivity index (χ4v) is 4.44. The predicted molar refractivity (Wildman–Crippen MR) is 113 cm³/mol. The molecule has 1 aliphatic rings. The summed E-state index contributed by atoms with van der Waals surface area (Å²) in [7, 11) is 1.73. The number of benzene rings is 1. The molecule has 0 aliphatic carbocycles. The second-order valence-corrected chi connectivity index (χ2v) is 7.93. The zero-order valence-electron chi connectivity index (χ0n) is 16.0. The molecular formula is C21H17N5O3S. The van der Waals surface area contributed by atoms with E-state index in [0.29, 0.717) is 23.8 Å². The zero-order chi connectivity index (χ0) is 20.7. The van der Waals surface area contributed by atoms with Gasteiger partial charge in [-0.25, -0.2) is 0 Å². The summed E-state index contributed by atoms with van der Waals surface area (Å²) in [6.07, 6.45) is 0.296. The van der Waals surface area contributed by atoms with Crippen LogP contribution in [0.3, 0.4) is 0 Å². The topological polar surface area (TPSA) is 102 Å². The molecule has 150 valence electrons. The van der Waals surface area contributed by atoms with Crippen LogP contribution in [-0.2, 0) is 11.8 Å². The van der Waals surface area contributed by atoms with Crippen LogP contribution in [0.15, 0.2) is 58.4 Å². The fraction of sp³-hybridized carbons (Fsp3) is 0.143. The van der Waals surface area contributed by atoms with Gasteiger partial charge in [0.15, 0.2) is 17.3 Å². The Hall–Kier alpha value is -3.72. The van der Waals surface area contributed by atoms with Gasteiger partial charge in [0.2, 0.25) is 5.91 Å². The Labute approximate surface area is 175 Å². The second-order valence-electron chi connectivity index (χ2n) is 6.95. The molecule has 8 nitrogen and oxygen atoms in total. The number of thiophene rings is 1. The predicted octanol–water partition coefficient (Wildman–Crippen LogP) is 3.86. The summed E-state index contributed by atoms with van der Waals surface area (Å²) in [5.41, 5.74) is 1.78. The third-order valence-corrected chi connectivity index (χ3v) is 5.99. The van der Waals surface area contributed by atoms with Crippen molar-refractivity contribution in [2.24, 2.45) is 7.05 Å². The van der Waals surface area contributed by atoms with Crippen molar-refractivity contribution >= 4 is 34.8 Å². The summed E-state index contributed by atoms with van der Waals surface area (Å²) in [5, 5.41) is 16.0. The number of aryl methyl sites for hydroxylation is 1. The summed E-state index contributed by atoms with van der Waals surface area (Å²) >= 11 is 1.57. The van der Waals surface area contributed by atoms with Crippen molar-refractivity contribution in [3.63, 3.8) is 0 Å². The number of hydrogen-bond acceptors (Lipinski definition) is 6. The van der Waals surface area contributed by atoms with E-state index in [-0.39, 0.29) is 17.5 Å². The van der Waals surface area contributed by atoms with Gasteiger partial charge in [-0.1, -0.05) is 41.6 Å². The van der Waals surface area contributed by atoms with E-state index in [2.05, 4.69) is 20.9 Å². The Morgan fingerprint density at radius 2 is 2.10 bits per heavy atom. The maximum atomic E-state index is 12.8. The molecule has 4 aromatic rings. The molecule has 0 bridgehead atoms. The Balaban J connectivity index is 1.46. The average Bonchev–Trinajstić information content (AvgIpc) is 3.50. The first-order chi connectivity index (χ1) is 14.6. The van der Waals surface area contributed by atoms with Crippen LogP contribution >= 0.6 is 11.3 Å². The monoisotopic (exact) mass is 419 g/mol. The average molecular weight is 419 g/mol. The lowest BCUT2D eigenvalue weighted by Crippen LogP contribution is -2.24. The van der Waals surface area contributed by atoms with E-state index in [4.69, 9.17) is 4.52 Å². The van der Waals surface area contributed by atoms with E-state index in [1.807, 2.05) is 47.8 Å². The lowest BCUT2D eigenvalue weighted by Gasteiger charge is -2.22. The molecule has 0 saturated heterocycles. The van der Waals surface area contributed by atoms with Crippen molar-refractivity contribution in [3.8, 4) is 11.3 Å². The van der Waals surface area contributed by atoms with E-state index in [9.17, 15) is 9.59 Å². The van der Waals surface area contributed by atoms with E-state index < -0.39 is 5.91 Å². The molecule has 1 atom stereocenters. The lowest BCUT2D eigenvalue weighted by atomic mass is 9.92. The van der Waals surface area contributed by atoms with Crippen LogP contribution in [0, 0.1) is 0 Å². The summed E-state index contributed by atoms with van der Waals surface area (Å²) in [6, 6.07) is 15.0. The molecule has 0 spiro atoms. The summed E-state index contributed by atoms with van der Waals surface area (Å²) < 4.78 is 6.90. The number of amides is 2. The van der Waals surface area contributed by atoms with Gasteiger partial charge in [-0.05, 0) is 11.4 Å². The Morgan fingerprint density at radius 1 is 1.27 bits per heavy atom. The zero-order valence-corrected chi connectivity index (χ0v) is 16.8. The van der Waals surface area contributed by atoms with Gasteiger partial charge in [0.1, 0.15) is 5.82 Å². The number of nitrogens with one attached hydrogen (secondary N) is 2. The largest absolute Gasteiger partial charge is 0.355 e. The molecule has 1 aromatic carbocycles. The molecule has 3 aromatic heterocycles. The van der Waals surface area contributed by atoms with E-state index in [1.165, 1.54) is 0 Å². The first-order valence-electron chi connectivity index (χ1n) is 9.34. The van der Waals surface area contributed by atoms with Gasteiger partial charge >= 0.3 is 0 Å². The van der Waals surface area contributed by atoms with Crippen LogP contribution in [0.2, 0.25) is 0 Å². The molecule has 4 heterocycles. The molecule has 0 unspecified atom stereocenters. The number of hydrogen-bond donors (Lipinski definition) is 2. The number of anilines is 2. The van der Waals surface area contributed by atoms with Crippen LogP contribution in [-0.4, -0.2) is 26.8 Å². The number of aromatic nitrogens is 3. The van der Waals surface area contributed by atoms with Crippen molar-refractivity contribution in [1.29, 1.82) is 0 Å². The number of nitrogens with zero attached hydrogens (tertiary/aromatic N) is 3. The van der Waals surface area contributed by atoms with Gasteiger partial charge in [-0.15, -0.1) is 11.3 Å². The van der Waals surface area contributed by atoms with Crippen molar-refractivity contribution in [1.82, 2.24) is 14.9 Å². The maximum absolute atomic E-state index is 12.8. The van der Waals surface area contributed by atoms with Gasteiger partial charge < -0.3 is 15.2 Å². The van der Waals surface area contributed by atoms with Crippen LogP contribution in [0.1, 0.15) is 33.3 Å². The van der Waals surface area contributed by atoms with E-state index in [1.54, 1.807) is 29.1 Å². The van der Waals surface area contributed by atoms with E-state index in [0.717, 1.165) is 16.0 Å². The molecule has 0 fully saturated rings. The third kappa shape index (κ3) is 3.18. The highest BCUT2D eigenvalue weighted by Gasteiger charge is 2.34. The maximum Gasteiger partial charge on any atom is 0.279 e. The van der Waals surface area contributed by atoms with Crippen molar-refractivity contribution in [2.75, 3.05) is 10.6 Å². The lowest BCUT2D eigenvalue weighted by molar-refractivity contribution is -0.116. The molecule has 9 heteroatoms. The van der Waals surface area contributed by atoms with Crippen molar-refractivity contribution in [2.45, 2.75) is 12.3 Å². The number of carbonyl (C=O) groups excluding carboxylic acids is 2. The number of carbonyl (C=O) groups is 2. The molecule has 0 radical (unpaired) electrons. The van der Waals surface area contributed by atoms with E-state index >= 15 is 0 Å². The Kier molecular flexibility index (Phi) is 4.44. The first-order valence-corrected chi connectivity index (χ1v) is 10.2. The summed E-state index contributed by atoms with van der Waals surface area (Å²) in [4.78, 5) is 26.1. The minimum atomic E-state index is -0.427. The molecule has 30 heavy (non-hydrogen) atoms. The summed E-state index contributed by atoms with van der Waals surface area (Å²) in [5.74, 6) is 0.821. The van der Waals surface area contributed by atoms with Gasteiger partial charge in [0.05, 0.1) is 0 Å². The van der Waals surface area contributed by atoms with Crippen LogP contribution in [0.4, 0.5) is 11.6 Å². The number of fused-ring (bicyclic) bond motifs is 1. The Morgan fingerprint density at radius 3 is 2.87 bits per heavy atom. The first kappa shape index (κ1) is 18.3. The van der Waals surface area contributed by atoms with Crippen molar-refractivity contribution < 1.29 is 14.1 Å². The van der Waals surface area contributed by atoms with Crippen LogP contribution < -0.4 is 10.6 Å². The molecular weight excluding hydrogens is 402 g/mol. The van der Waals surface area contributed by atoms with Crippen molar-refractivity contribution in [3.05, 3.63) is 70.0 Å². The minimum Gasteiger partial charge on any atom is -0.355 e. The number of rotatable bonds is 4. The quantitative estimate of drug-likeness (QED) is 0.523. The second kappa shape index (κ2) is 7.27. The normalized spacial score (nSPS) is 15.5. The van der Waals surface area contributed by atoms with Crippen LogP contribution in [0.25, 0.3) is 11.3 Å². The molecule has 1 aliphatic heterocycles. The molecule has 5 rings (SSSR count). The minimum absolute atomic E-state index is 0.0780. The third-order valence-electron chi connectivity index (χ3n) is 5.00. The van der Waals surface area contributed by atoms with Gasteiger partial charge in [0, 0.05) is 41.5 Å². The highest BCUT2D eigenvalue weighted by Crippen LogP contribution is 2.42. The fourth-order valence-electron chi connectivity index (χ4n) is 3.61. The highest BCUT2D eigenvalue weighted by atomic mass is 32.1. The SMILES string of the molecule is Cn1nc(NC(=O)c2cc(-c3ccccc3)on2)c2c1NC(=O)C[C@H]2c1cccs1. The molecule has 2 N–H and O–H groups in total. The molecule has 0 saturated carbocycles.